The third kappa shape index (κ3) is 0.763. The molecule has 0 amide bonds. The molecule has 2 unspecified atom stereocenters. The molecule has 0 fully saturated rings. The molecule has 1 nitrogen and oxygen atoms in total. The van der Waals surface area contributed by atoms with Crippen LogP contribution in [0.3, 0.4) is 0 Å². The Hall–Kier alpha value is -0.460. The van der Waals surface area contributed by atoms with E-state index < -0.39 is 0 Å². The summed E-state index contributed by atoms with van der Waals surface area (Å²) >= 11 is 0. The first-order valence-corrected chi connectivity index (χ1v) is 2.63. The van der Waals surface area contributed by atoms with Gasteiger partial charge in [0.05, 0.1) is 6.26 Å². The topological polar surface area (TPSA) is 9.23 Å². The summed E-state index contributed by atoms with van der Waals surface area (Å²) in [6, 6.07) is 0. The Morgan fingerprint density at radius 1 is 1.43 bits per heavy atom. The number of rotatable bonds is 0. The van der Waals surface area contributed by atoms with Crippen molar-refractivity contribution in [2.45, 2.75) is 20.0 Å². The zero-order valence-electron chi connectivity index (χ0n) is 4.72. The van der Waals surface area contributed by atoms with E-state index in [0.29, 0.717) is 12.0 Å². The lowest BCUT2D eigenvalue weighted by Gasteiger charge is -2.05. The highest BCUT2D eigenvalue weighted by Crippen LogP contribution is 2.14. The average molecular weight is 98.1 g/mol. The lowest BCUT2D eigenvalue weighted by molar-refractivity contribution is 0.159. The second-order valence-electron chi connectivity index (χ2n) is 2.03. The summed E-state index contributed by atoms with van der Waals surface area (Å²) in [6.45, 7) is 4.22. The monoisotopic (exact) mass is 98.1 g/mol. The van der Waals surface area contributed by atoms with Crippen LogP contribution in [0.25, 0.3) is 0 Å². The minimum absolute atomic E-state index is 0.403. The van der Waals surface area contributed by atoms with Crippen molar-refractivity contribution in [3.63, 3.8) is 0 Å². The Kier molecular flexibility index (Phi) is 1.05. The van der Waals surface area contributed by atoms with Gasteiger partial charge in [-0.15, -0.1) is 0 Å². The molecule has 0 aromatic carbocycles. The summed E-state index contributed by atoms with van der Waals surface area (Å²) in [5.74, 6) is 0.611. The van der Waals surface area contributed by atoms with Gasteiger partial charge in [0.1, 0.15) is 6.10 Å². The third-order valence-corrected chi connectivity index (χ3v) is 1.42. The van der Waals surface area contributed by atoms with Crippen molar-refractivity contribution in [3.05, 3.63) is 12.3 Å². The van der Waals surface area contributed by atoms with Crippen molar-refractivity contribution >= 4 is 0 Å². The van der Waals surface area contributed by atoms with E-state index in [1.54, 1.807) is 6.26 Å². The number of hydrogen-bond donors (Lipinski definition) is 0. The molecule has 1 heterocycles. The first-order chi connectivity index (χ1) is 3.30. The van der Waals surface area contributed by atoms with Crippen molar-refractivity contribution in [3.8, 4) is 0 Å². The van der Waals surface area contributed by atoms with Gasteiger partial charge in [-0.05, 0) is 13.0 Å². The van der Waals surface area contributed by atoms with Crippen molar-refractivity contribution in [1.29, 1.82) is 0 Å². The first kappa shape index (κ1) is 4.69. The Balaban J connectivity index is 2.45. The van der Waals surface area contributed by atoms with Gasteiger partial charge in [-0.3, -0.25) is 0 Å². The molecule has 0 spiro atoms. The van der Waals surface area contributed by atoms with Crippen LogP contribution in [0.2, 0.25) is 0 Å². The van der Waals surface area contributed by atoms with E-state index in [4.69, 9.17) is 4.74 Å². The van der Waals surface area contributed by atoms with Crippen LogP contribution in [0.1, 0.15) is 13.8 Å². The maximum atomic E-state index is 5.08. The van der Waals surface area contributed by atoms with Gasteiger partial charge in [-0.2, -0.15) is 0 Å². The molecular formula is C6H10O. The zero-order chi connectivity index (χ0) is 5.28. The molecule has 0 saturated carbocycles. The third-order valence-electron chi connectivity index (χ3n) is 1.42. The normalized spacial score (nSPS) is 38.6. The molecule has 1 aliphatic rings. The maximum absolute atomic E-state index is 5.08. The fourth-order valence-corrected chi connectivity index (χ4v) is 0.574. The van der Waals surface area contributed by atoms with Gasteiger partial charge in [0.2, 0.25) is 0 Å². The fraction of sp³-hybridized carbons (Fsp3) is 0.667. The fourth-order valence-electron chi connectivity index (χ4n) is 0.574. The van der Waals surface area contributed by atoms with Gasteiger partial charge in [0.15, 0.2) is 0 Å². The lowest BCUT2D eigenvalue weighted by atomic mass is 10.1. The number of ether oxygens (including phenoxy) is 1. The lowest BCUT2D eigenvalue weighted by Crippen LogP contribution is -2.06. The van der Waals surface area contributed by atoms with Crippen LogP contribution in [-0.4, -0.2) is 6.10 Å². The smallest absolute Gasteiger partial charge is 0.101 e. The molecule has 0 saturated heterocycles. The van der Waals surface area contributed by atoms with E-state index in [0.717, 1.165) is 0 Å². The summed E-state index contributed by atoms with van der Waals surface area (Å²) in [6.07, 6.45) is 4.25. The molecule has 1 aliphatic heterocycles. The molecule has 2 atom stereocenters. The van der Waals surface area contributed by atoms with Crippen LogP contribution in [-0.2, 0) is 4.74 Å². The highest BCUT2D eigenvalue weighted by Gasteiger charge is 2.12. The van der Waals surface area contributed by atoms with Crippen LogP contribution < -0.4 is 0 Å². The molecular weight excluding hydrogens is 88.1 g/mol. The van der Waals surface area contributed by atoms with Crippen LogP contribution in [0.5, 0.6) is 0 Å². The summed E-state index contributed by atoms with van der Waals surface area (Å²) in [5.41, 5.74) is 0. The molecule has 1 rings (SSSR count). The van der Waals surface area contributed by atoms with Gasteiger partial charge < -0.3 is 4.74 Å². The van der Waals surface area contributed by atoms with Crippen LogP contribution in [0.15, 0.2) is 12.3 Å². The molecule has 0 aromatic rings. The highest BCUT2D eigenvalue weighted by molar-refractivity contribution is 4.90. The van der Waals surface area contributed by atoms with Crippen molar-refractivity contribution in [2.75, 3.05) is 0 Å². The molecule has 0 aliphatic carbocycles. The average Bonchev–Trinajstić information content (AvgIpc) is 1.91. The van der Waals surface area contributed by atoms with Gasteiger partial charge in [0.25, 0.3) is 0 Å². The van der Waals surface area contributed by atoms with E-state index >= 15 is 0 Å². The molecule has 40 valence electrons. The molecule has 0 radical (unpaired) electrons. The Morgan fingerprint density at radius 3 is 2.29 bits per heavy atom. The largest absolute Gasteiger partial charge is 0.498 e. The van der Waals surface area contributed by atoms with Crippen molar-refractivity contribution in [2.24, 2.45) is 5.92 Å². The van der Waals surface area contributed by atoms with Crippen LogP contribution in [0, 0.1) is 5.92 Å². The summed E-state index contributed by atoms with van der Waals surface area (Å²) in [7, 11) is 0. The molecule has 0 bridgehead atoms. The van der Waals surface area contributed by atoms with Crippen LogP contribution >= 0.6 is 0 Å². The van der Waals surface area contributed by atoms with E-state index in [1.807, 2.05) is 0 Å². The van der Waals surface area contributed by atoms with Gasteiger partial charge in [-0.1, -0.05) is 6.92 Å². The predicted octanol–water partition coefficient (Wildman–Crippen LogP) is 1.55. The SMILES string of the molecule is CC1C=COC1C. The minimum atomic E-state index is 0.403. The zero-order valence-corrected chi connectivity index (χ0v) is 4.72. The Bertz CT molecular complexity index is 86.2. The van der Waals surface area contributed by atoms with Crippen molar-refractivity contribution in [1.82, 2.24) is 0 Å². The molecule has 0 aromatic heterocycles. The standard InChI is InChI=1S/C6H10O/c1-5-3-4-7-6(5)2/h3-6H,1-2H3. The highest BCUT2D eigenvalue weighted by atomic mass is 16.5. The minimum Gasteiger partial charge on any atom is -0.498 e. The van der Waals surface area contributed by atoms with Gasteiger partial charge in [0, 0.05) is 5.92 Å². The number of hydrogen-bond acceptors (Lipinski definition) is 1. The Morgan fingerprint density at radius 2 is 2.14 bits per heavy atom. The molecule has 1 heteroatoms. The van der Waals surface area contributed by atoms with Crippen molar-refractivity contribution < 1.29 is 4.74 Å². The molecule has 0 N–H and O–H groups in total. The second kappa shape index (κ2) is 1.57. The predicted molar refractivity (Wildman–Crippen MR) is 28.9 cm³/mol. The first-order valence-electron chi connectivity index (χ1n) is 2.63. The van der Waals surface area contributed by atoms with Gasteiger partial charge in [-0.25, -0.2) is 0 Å². The van der Waals surface area contributed by atoms with E-state index in [1.165, 1.54) is 0 Å². The summed E-state index contributed by atoms with van der Waals surface area (Å²) < 4.78 is 5.08. The molecule has 7 heavy (non-hydrogen) atoms. The maximum Gasteiger partial charge on any atom is 0.101 e. The van der Waals surface area contributed by atoms with E-state index in [-0.39, 0.29) is 0 Å². The van der Waals surface area contributed by atoms with E-state index in [2.05, 4.69) is 19.9 Å². The quantitative estimate of drug-likeness (QED) is 0.446. The van der Waals surface area contributed by atoms with Crippen LogP contribution in [0.4, 0.5) is 0 Å². The summed E-state index contributed by atoms with van der Waals surface area (Å²) in [5, 5.41) is 0. The second-order valence-corrected chi connectivity index (χ2v) is 2.03. The van der Waals surface area contributed by atoms with E-state index in [9.17, 15) is 0 Å². The van der Waals surface area contributed by atoms with Gasteiger partial charge >= 0.3 is 0 Å². The summed E-state index contributed by atoms with van der Waals surface area (Å²) in [4.78, 5) is 0. The Labute approximate surface area is 44.0 Å².